The fourth-order valence-corrected chi connectivity index (χ4v) is 3.96. The minimum atomic E-state index is -4.74. The van der Waals surface area contributed by atoms with Gasteiger partial charge in [-0.3, -0.25) is 4.79 Å². The van der Waals surface area contributed by atoms with Gasteiger partial charge >= 0.3 is 6.18 Å². The van der Waals surface area contributed by atoms with E-state index in [-0.39, 0.29) is 10.6 Å². The molecule has 0 unspecified atom stereocenters. The second kappa shape index (κ2) is 8.60. The van der Waals surface area contributed by atoms with Crippen molar-refractivity contribution >= 4 is 33.0 Å². The van der Waals surface area contributed by atoms with Gasteiger partial charge in [-0.2, -0.15) is 13.2 Å². The van der Waals surface area contributed by atoms with Crippen LogP contribution >= 0.6 is 11.6 Å². The van der Waals surface area contributed by atoms with Gasteiger partial charge < -0.3 is 5.32 Å². The summed E-state index contributed by atoms with van der Waals surface area (Å²) in [5.41, 5.74) is -2.47. The standard InChI is InChI=1S/C19H12ClF4N3O3S/c20-13-9-25-18(31(29,30)10-11-5-1-3-7-14(11)21)27-16(13)17(28)26-15-8-4-2-6-12(15)19(22,23)24/h1-9H,10H2,(H,26,28). The summed E-state index contributed by atoms with van der Waals surface area (Å²) in [5, 5.41) is 0.816. The highest BCUT2D eigenvalue weighted by molar-refractivity contribution is 7.90. The Morgan fingerprint density at radius 3 is 2.39 bits per heavy atom. The molecule has 1 N–H and O–H groups in total. The number of rotatable bonds is 5. The lowest BCUT2D eigenvalue weighted by Gasteiger charge is -2.14. The van der Waals surface area contributed by atoms with Crippen LogP contribution < -0.4 is 5.32 Å². The van der Waals surface area contributed by atoms with Crippen LogP contribution in [0.2, 0.25) is 5.02 Å². The van der Waals surface area contributed by atoms with Crippen LogP contribution in [0.15, 0.2) is 59.9 Å². The maximum atomic E-state index is 13.8. The van der Waals surface area contributed by atoms with E-state index in [2.05, 4.69) is 9.97 Å². The Hall–Kier alpha value is -3.05. The first kappa shape index (κ1) is 22.6. The molecule has 0 aliphatic carbocycles. The molecule has 0 aliphatic rings. The SMILES string of the molecule is O=C(Nc1ccccc1C(F)(F)F)c1nc(S(=O)(=O)Cc2ccccc2F)ncc1Cl. The second-order valence-electron chi connectivity index (χ2n) is 6.20. The van der Waals surface area contributed by atoms with E-state index in [1.165, 1.54) is 24.3 Å². The maximum Gasteiger partial charge on any atom is 0.418 e. The van der Waals surface area contributed by atoms with Crippen molar-refractivity contribution in [3.63, 3.8) is 0 Å². The normalized spacial score (nSPS) is 11.9. The number of nitrogens with one attached hydrogen (secondary N) is 1. The molecule has 1 heterocycles. The molecule has 0 aliphatic heterocycles. The van der Waals surface area contributed by atoms with Crippen molar-refractivity contribution in [1.82, 2.24) is 9.97 Å². The minimum absolute atomic E-state index is 0.147. The van der Waals surface area contributed by atoms with Gasteiger partial charge in [-0.05, 0) is 18.2 Å². The van der Waals surface area contributed by atoms with E-state index < -0.39 is 55.6 Å². The van der Waals surface area contributed by atoms with Crippen molar-refractivity contribution in [1.29, 1.82) is 0 Å². The number of carbonyl (C=O) groups is 1. The van der Waals surface area contributed by atoms with Crippen molar-refractivity contribution in [2.75, 3.05) is 5.32 Å². The highest BCUT2D eigenvalue weighted by Crippen LogP contribution is 2.34. The van der Waals surface area contributed by atoms with Gasteiger partial charge in [-0.1, -0.05) is 41.9 Å². The summed E-state index contributed by atoms with van der Waals surface area (Å²) in [5.74, 6) is -2.73. The molecule has 0 atom stereocenters. The van der Waals surface area contributed by atoms with Gasteiger partial charge in [0, 0.05) is 5.56 Å². The van der Waals surface area contributed by atoms with Crippen molar-refractivity contribution < 1.29 is 30.8 Å². The molecule has 1 aromatic heterocycles. The smallest absolute Gasteiger partial charge is 0.320 e. The molecule has 162 valence electrons. The Balaban J connectivity index is 1.93. The third-order valence-corrected chi connectivity index (χ3v) is 5.72. The monoisotopic (exact) mass is 473 g/mol. The second-order valence-corrected chi connectivity index (χ2v) is 8.49. The molecule has 0 saturated heterocycles. The zero-order chi connectivity index (χ0) is 22.8. The molecule has 6 nitrogen and oxygen atoms in total. The van der Waals surface area contributed by atoms with Crippen LogP contribution in [-0.2, 0) is 21.8 Å². The number of sulfone groups is 1. The van der Waals surface area contributed by atoms with E-state index in [1.807, 2.05) is 5.32 Å². The molecule has 0 saturated carbocycles. The van der Waals surface area contributed by atoms with Crippen LogP contribution in [0.5, 0.6) is 0 Å². The lowest BCUT2D eigenvalue weighted by molar-refractivity contribution is -0.136. The first-order chi connectivity index (χ1) is 14.5. The van der Waals surface area contributed by atoms with E-state index in [1.54, 1.807) is 0 Å². The molecular weight excluding hydrogens is 462 g/mol. The number of nitrogens with zero attached hydrogens (tertiary/aromatic N) is 2. The van der Waals surface area contributed by atoms with Crippen molar-refractivity contribution in [2.24, 2.45) is 0 Å². The number of halogens is 5. The van der Waals surface area contributed by atoms with Crippen LogP contribution in [0.3, 0.4) is 0 Å². The van der Waals surface area contributed by atoms with E-state index >= 15 is 0 Å². The van der Waals surface area contributed by atoms with Crippen molar-refractivity contribution in [3.05, 3.63) is 82.4 Å². The number of aromatic nitrogens is 2. The fourth-order valence-electron chi connectivity index (χ4n) is 2.57. The average molecular weight is 474 g/mol. The first-order valence-corrected chi connectivity index (χ1v) is 10.5. The number of amides is 1. The molecule has 0 spiro atoms. The highest BCUT2D eigenvalue weighted by atomic mass is 35.5. The number of carbonyl (C=O) groups excluding carboxylic acids is 1. The van der Waals surface area contributed by atoms with Crippen molar-refractivity contribution in [2.45, 2.75) is 17.1 Å². The highest BCUT2D eigenvalue weighted by Gasteiger charge is 2.34. The Morgan fingerprint density at radius 1 is 1.06 bits per heavy atom. The molecule has 0 fully saturated rings. The van der Waals surface area contributed by atoms with E-state index in [4.69, 9.17) is 11.6 Å². The van der Waals surface area contributed by atoms with Gasteiger partial charge in [0.15, 0.2) is 5.69 Å². The third-order valence-electron chi connectivity index (χ3n) is 4.00. The number of anilines is 1. The van der Waals surface area contributed by atoms with Crippen LogP contribution in [0.25, 0.3) is 0 Å². The molecule has 2 aromatic carbocycles. The lowest BCUT2D eigenvalue weighted by Crippen LogP contribution is -2.20. The Labute approximate surface area is 178 Å². The van der Waals surface area contributed by atoms with Gasteiger partial charge in [-0.15, -0.1) is 0 Å². The lowest BCUT2D eigenvalue weighted by atomic mass is 10.1. The number of alkyl halides is 3. The Kier molecular flexibility index (Phi) is 6.27. The number of para-hydroxylation sites is 1. The molecule has 0 radical (unpaired) electrons. The predicted molar refractivity (Wildman–Crippen MR) is 104 cm³/mol. The van der Waals surface area contributed by atoms with Gasteiger partial charge in [0.25, 0.3) is 5.91 Å². The Morgan fingerprint density at radius 2 is 1.71 bits per heavy atom. The van der Waals surface area contributed by atoms with Gasteiger partial charge in [-0.25, -0.2) is 22.8 Å². The summed E-state index contributed by atoms with van der Waals surface area (Å²) < 4.78 is 78.3. The first-order valence-electron chi connectivity index (χ1n) is 8.45. The molecule has 0 bridgehead atoms. The molecule has 31 heavy (non-hydrogen) atoms. The largest absolute Gasteiger partial charge is 0.418 e. The summed E-state index contributed by atoms with van der Waals surface area (Å²) in [7, 11) is -4.29. The minimum Gasteiger partial charge on any atom is -0.320 e. The topological polar surface area (TPSA) is 89.0 Å². The molecule has 3 rings (SSSR count). The number of hydrogen-bond acceptors (Lipinski definition) is 5. The molecular formula is C19H12ClF4N3O3S. The van der Waals surface area contributed by atoms with Gasteiger partial charge in [0.05, 0.1) is 28.2 Å². The quantitative estimate of drug-likeness (QED) is 0.435. The average Bonchev–Trinajstić information content (AvgIpc) is 2.69. The maximum absolute atomic E-state index is 13.8. The van der Waals surface area contributed by atoms with Gasteiger partial charge in [0.1, 0.15) is 5.82 Å². The predicted octanol–water partition coefficient (Wildman–Crippen LogP) is 4.51. The van der Waals surface area contributed by atoms with Crippen molar-refractivity contribution in [3.8, 4) is 0 Å². The zero-order valence-corrected chi connectivity index (χ0v) is 16.9. The van der Waals surface area contributed by atoms with E-state index in [9.17, 15) is 30.8 Å². The summed E-state index contributed by atoms with van der Waals surface area (Å²) in [6, 6.07) is 9.35. The summed E-state index contributed by atoms with van der Waals surface area (Å²) in [6.07, 6.45) is -3.92. The van der Waals surface area contributed by atoms with E-state index in [0.29, 0.717) is 0 Å². The van der Waals surface area contributed by atoms with Gasteiger partial charge in [0.2, 0.25) is 15.0 Å². The summed E-state index contributed by atoms with van der Waals surface area (Å²) >= 11 is 5.86. The summed E-state index contributed by atoms with van der Waals surface area (Å²) in [4.78, 5) is 19.7. The van der Waals surface area contributed by atoms with Crippen LogP contribution in [0.4, 0.5) is 23.2 Å². The molecule has 1 amide bonds. The Bertz CT molecular complexity index is 1250. The fraction of sp³-hybridized carbons (Fsp3) is 0.105. The summed E-state index contributed by atoms with van der Waals surface area (Å²) in [6.45, 7) is 0. The zero-order valence-electron chi connectivity index (χ0n) is 15.3. The van der Waals surface area contributed by atoms with Crippen LogP contribution in [0.1, 0.15) is 21.6 Å². The number of benzene rings is 2. The molecule has 12 heteroatoms. The van der Waals surface area contributed by atoms with E-state index in [0.717, 1.165) is 30.5 Å². The third kappa shape index (κ3) is 5.17. The molecule has 3 aromatic rings. The number of hydrogen-bond donors (Lipinski definition) is 1. The van der Waals surface area contributed by atoms with Crippen LogP contribution in [0, 0.1) is 5.82 Å². The van der Waals surface area contributed by atoms with Crippen LogP contribution in [-0.4, -0.2) is 24.3 Å².